The van der Waals surface area contributed by atoms with Gasteiger partial charge in [0.15, 0.2) is 0 Å². The van der Waals surface area contributed by atoms with Crippen molar-refractivity contribution >= 4 is 35.0 Å². The van der Waals surface area contributed by atoms with Crippen molar-refractivity contribution in [3.63, 3.8) is 0 Å². The Morgan fingerprint density at radius 2 is 1.96 bits per heavy atom. The fourth-order valence-electron chi connectivity index (χ4n) is 3.20. The van der Waals surface area contributed by atoms with Crippen LogP contribution in [-0.4, -0.2) is 45.6 Å². The fraction of sp³-hybridized carbons (Fsp3) is 0.238. The van der Waals surface area contributed by atoms with Crippen LogP contribution in [0.25, 0.3) is 11.3 Å². The second-order valence-electron chi connectivity index (χ2n) is 6.68. The molecule has 5 nitrogen and oxygen atoms in total. The molecular formula is C21H21ClN4OS. The number of aromatic amines is 1. The van der Waals surface area contributed by atoms with Gasteiger partial charge in [-0.25, -0.2) is 0 Å². The summed E-state index contributed by atoms with van der Waals surface area (Å²) >= 11 is 8.04. The Balaban J connectivity index is 1.48. The largest absolute Gasteiger partial charge is 0.320 e. The number of para-hydroxylation sites is 1. The second-order valence-corrected chi connectivity index (χ2v) is 8.34. The number of H-pyrrole nitrogens is 1. The zero-order valence-electron chi connectivity index (χ0n) is 15.3. The highest BCUT2D eigenvalue weighted by Crippen LogP contribution is 2.23. The molecule has 0 aliphatic carbocycles. The van der Waals surface area contributed by atoms with E-state index in [0.29, 0.717) is 16.4 Å². The van der Waals surface area contributed by atoms with Crippen molar-refractivity contribution < 1.29 is 4.79 Å². The number of aromatic nitrogens is 2. The lowest BCUT2D eigenvalue weighted by Crippen LogP contribution is -2.32. The molecule has 7 heteroatoms. The normalized spacial score (nSPS) is 14.8. The molecule has 1 fully saturated rings. The number of nitrogens with zero attached hydrogens (tertiary/aromatic N) is 2. The zero-order chi connectivity index (χ0) is 19.3. The molecule has 1 saturated heterocycles. The Bertz CT molecular complexity index is 968. The lowest BCUT2D eigenvalue weighted by Gasteiger charge is -2.27. The number of carbonyl (C=O) groups is 1. The van der Waals surface area contributed by atoms with Gasteiger partial charge in [0, 0.05) is 47.4 Å². The van der Waals surface area contributed by atoms with E-state index in [0.717, 1.165) is 48.0 Å². The van der Waals surface area contributed by atoms with Gasteiger partial charge in [-0.2, -0.15) is 16.9 Å². The van der Waals surface area contributed by atoms with Crippen molar-refractivity contribution in [2.45, 2.75) is 6.54 Å². The maximum atomic E-state index is 12.7. The summed E-state index contributed by atoms with van der Waals surface area (Å²) in [5, 5.41) is 10.7. The number of halogens is 1. The number of hydrogen-bond donors (Lipinski definition) is 2. The maximum Gasteiger partial charge on any atom is 0.273 e. The summed E-state index contributed by atoms with van der Waals surface area (Å²) in [6, 6.07) is 17.1. The zero-order valence-corrected chi connectivity index (χ0v) is 16.9. The molecule has 1 aliphatic rings. The highest BCUT2D eigenvalue weighted by Gasteiger charge is 2.16. The standard InChI is InChI=1S/C21H21ClN4OS/c22-17-6-3-5-15(12-17)19-13-20(25-24-19)21(27)23-18-7-2-1-4-16(18)14-26-8-10-28-11-9-26/h1-7,12-13H,8-11,14H2,(H,23,27)(H,24,25). The molecule has 3 aromatic rings. The van der Waals surface area contributed by atoms with Crippen LogP contribution < -0.4 is 5.32 Å². The van der Waals surface area contributed by atoms with Crippen LogP contribution in [0.2, 0.25) is 5.02 Å². The number of amides is 1. The molecule has 2 heterocycles. The molecule has 2 aromatic carbocycles. The monoisotopic (exact) mass is 412 g/mol. The third-order valence-electron chi connectivity index (χ3n) is 4.71. The van der Waals surface area contributed by atoms with Crippen LogP contribution in [0.4, 0.5) is 5.69 Å². The average molecular weight is 413 g/mol. The minimum atomic E-state index is -0.206. The molecule has 2 N–H and O–H groups in total. The van der Waals surface area contributed by atoms with Crippen LogP contribution in [0.5, 0.6) is 0 Å². The summed E-state index contributed by atoms with van der Waals surface area (Å²) in [6.45, 7) is 3.00. The lowest BCUT2D eigenvalue weighted by molar-refractivity contribution is 0.102. The molecule has 28 heavy (non-hydrogen) atoms. The van der Waals surface area contributed by atoms with Crippen molar-refractivity contribution in [1.82, 2.24) is 15.1 Å². The quantitative estimate of drug-likeness (QED) is 0.646. The van der Waals surface area contributed by atoms with E-state index in [9.17, 15) is 4.79 Å². The predicted molar refractivity (Wildman–Crippen MR) is 116 cm³/mol. The van der Waals surface area contributed by atoms with Crippen molar-refractivity contribution in [3.8, 4) is 11.3 Å². The fourth-order valence-corrected chi connectivity index (χ4v) is 4.37. The molecule has 1 aromatic heterocycles. The van der Waals surface area contributed by atoms with Crippen LogP contribution >= 0.6 is 23.4 Å². The third-order valence-corrected chi connectivity index (χ3v) is 5.88. The van der Waals surface area contributed by atoms with Gasteiger partial charge in [-0.15, -0.1) is 0 Å². The number of thioether (sulfide) groups is 1. The number of hydrogen-bond acceptors (Lipinski definition) is 4. The summed E-state index contributed by atoms with van der Waals surface area (Å²) in [5.41, 5.74) is 3.93. The van der Waals surface area contributed by atoms with E-state index >= 15 is 0 Å². The minimum absolute atomic E-state index is 0.206. The van der Waals surface area contributed by atoms with E-state index < -0.39 is 0 Å². The first kappa shape index (κ1) is 19.1. The second kappa shape index (κ2) is 8.82. The highest BCUT2D eigenvalue weighted by molar-refractivity contribution is 7.99. The smallest absolute Gasteiger partial charge is 0.273 e. The molecule has 144 valence electrons. The van der Waals surface area contributed by atoms with Crippen LogP contribution in [0.1, 0.15) is 16.1 Å². The van der Waals surface area contributed by atoms with Gasteiger partial charge in [0.1, 0.15) is 5.69 Å². The van der Waals surface area contributed by atoms with Gasteiger partial charge in [-0.1, -0.05) is 41.9 Å². The van der Waals surface area contributed by atoms with E-state index in [4.69, 9.17) is 11.6 Å². The SMILES string of the molecule is O=C(Nc1ccccc1CN1CCSCC1)c1cc(-c2cccc(Cl)c2)n[nH]1. The minimum Gasteiger partial charge on any atom is -0.320 e. The van der Waals surface area contributed by atoms with E-state index in [1.807, 2.05) is 54.2 Å². The summed E-state index contributed by atoms with van der Waals surface area (Å²) < 4.78 is 0. The van der Waals surface area contributed by atoms with Gasteiger partial charge in [0.05, 0.1) is 5.69 Å². The highest BCUT2D eigenvalue weighted by atomic mass is 35.5. The summed E-state index contributed by atoms with van der Waals surface area (Å²) in [5.74, 6) is 2.12. The van der Waals surface area contributed by atoms with Crippen molar-refractivity contribution in [1.29, 1.82) is 0 Å². The Morgan fingerprint density at radius 1 is 1.14 bits per heavy atom. The van der Waals surface area contributed by atoms with Gasteiger partial charge in [-0.05, 0) is 29.8 Å². The Morgan fingerprint density at radius 3 is 2.79 bits per heavy atom. The van der Waals surface area contributed by atoms with E-state index in [2.05, 4.69) is 26.5 Å². The summed E-state index contributed by atoms with van der Waals surface area (Å²) in [6.07, 6.45) is 0. The van der Waals surface area contributed by atoms with Crippen LogP contribution in [0.15, 0.2) is 54.6 Å². The first-order valence-corrected chi connectivity index (χ1v) is 10.7. The van der Waals surface area contributed by atoms with Gasteiger partial charge < -0.3 is 5.32 Å². The molecule has 0 atom stereocenters. The van der Waals surface area contributed by atoms with E-state index in [-0.39, 0.29) is 5.91 Å². The van der Waals surface area contributed by atoms with E-state index in [1.54, 1.807) is 6.07 Å². The first-order valence-electron chi connectivity index (χ1n) is 9.20. The molecule has 4 rings (SSSR count). The van der Waals surface area contributed by atoms with Gasteiger partial charge >= 0.3 is 0 Å². The van der Waals surface area contributed by atoms with Crippen LogP contribution in [0, 0.1) is 0 Å². The van der Waals surface area contributed by atoms with Crippen molar-refractivity contribution in [2.24, 2.45) is 0 Å². The molecular weight excluding hydrogens is 392 g/mol. The summed E-state index contributed by atoms with van der Waals surface area (Å²) in [7, 11) is 0. The van der Waals surface area contributed by atoms with Gasteiger partial charge in [0.25, 0.3) is 5.91 Å². The molecule has 0 radical (unpaired) electrons. The molecule has 0 saturated carbocycles. The van der Waals surface area contributed by atoms with Crippen molar-refractivity contribution in [2.75, 3.05) is 29.9 Å². The predicted octanol–water partition coefficient (Wildman–Crippen LogP) is 4.53. The summed E-state index contributed by atoms with van der Waals surface area (Å²) in [4.78, 5) is 15.2. The Hall–Kier alpha value is -2.28. The lowest BCUT2D eigenvalue weighted by atomic mass is 10.1. The number of rotatable bonds is 5. The Labute approximate surface area is 173 Å². The molecule has 1 aliphatic heterocycles. The third kappa shape index (κ3) is 4.58. The first-order chi connectivity index (χ1) is 13.7. The molecule has 0 bridgehead atoms. The van der Waals surface area contributed by atoms with Crippen molar-refractivity contribution in [3.05, 3.63) is 70.9 Å². The molecule has 1 amide bonds. The Kier molecular flexibility index (Phi) is 6.00. The number of benzene rings is 2. The number of nitrogens with one attached hydrogen (secondary N) is 2. The van der Waals surface area contributed by atoms with Gasteiger partial charge in [0.2, 0.25) is 0 Å². The van der Waals surface area contributed by atoms with Crippen LogP contribution in [-0.2, 0) is 6.54 Å². The van der Waals surface area contributed by atoms with Gasteiger partial charge in [-0.3, -0.25) is 14.8 Å². The topological polar surface area (TPSA) is 61.0 Å². The number of carbonyl (C=O) groups excluding carboxylic acids is 1. The average Bonchev–Trinajstić information content (AvgIpc) is 3.21. The maximum absolute atomic E-state index is 12.7. The van der Waals surface area contributed by atoms with E-state index in [1.165, 1.54) is 0 Å². The molecule has 0 spiro atoms. The molecule has 0 unspecified atom stereocenters. The van der Waals surface area contributed by atoms with Crippen LogP contribution in [0.3, 0.4) is 0 Å². The number of anilines is 1.